The first kappa shape index (κ1) is 21.2. The molecule has 0 radical (unpaired) electrons. The number of nitrogens with zero attached hydrogens (tertiary/aromatic N) is 6. The van der Waals surface area contributed by atoms with E-state index in [0.717, 1.165) is 43.7 Å². The number of pyridine rings is 1. The fraction of sp³-hybridized carbons (Fsp3) is 0.478. The number of hydrogen-bond acceptors (Lipinski definition) is 7. The Hall–Kier alpha value is -3.00. The van der Waals surface area contributed by atoms with Gasteiger partial charge in [0.1, 0.15) is 0 Å². The van der Waals surface area contributed by atoms with Crippen molar-refractivity contribution in [3.63, 3.8) is 0 Å². The quantitative estimate of drug-likeness (QED) is 0.359. The molecule has 8 nitrogen and oxygen atoms in total. The van der Waals surface area contributed by atoms with Gasteiger partial charge in [-0.15, -0.1) is 5.10 Å². The summed E-state index contributed by atoms with van der Waals surface area (Å²) < 4.78 is 7.74. The second kappa shape index (κ2) is 10.9. The summed E-state index contributed by atoms with van der Waals surface area (Å²) in [5.41, 5.74) is 2.46. The zero-order valence-corrected chi connectivity index (χ0v) is 18.2. The number of rotatable bonds is 10. The predicted molar refractivity (Wildman–Crippen MR) is 123 cm³/mol. The minimum absolute atomic E-state index is 0.433. The van der Waals surface area contributed by atoms with Gasteiger partial charge in [0.25, 0.3) is 5.95 Å². The van der Waals surface area contributed by atoms with E-state index in [1.165, 1.54) is 31.5 Å². The van der Waals surface area contributed by atoms with Crippen LogP contribution in [-0.4, -0.2) is 63.6 Å². The van der Waals surface area contributed by atoms with Crippen molar-refractivity contribution in [1.29, 1.82) is 0 Å². The Morgan fingerprint density at radius 1 is 1.19 bits per heavy atom. The van der Waals surface area contributed by atoms with Gasteiger partial charge < -0.3 is 10.1 Å². The molecule has 0 amide bonds. The van der Waals surface area contributed by atoms with Crippen molar-refractivity contribution >= 4 is 18.1 Å². The van der Waals surface area contributed by atoms with Crippen LogP contribution in [0, 0.1) is 0 Å². The highest BCUT2D eigenvalue weighted by Gasteiger charge is 2.15. The Labute approximate surface area is 183 Å². The maximum atomic E-state index is 6.03. The monoisotopic (exact) mass is 421 g/mol. The molecule has 2 aliphatic rings. The van der Waals surface area contributed by atoms with Crippen molar-refractivity contribution in [2.75, 3.05) is 38.1 Å². The Morgan fingerprint density at radius 2 is 2.03 bits per heavy atom. The number of ether oxygens (including phenoxy) is 1. The summed E-state index contributed by atoms with van der Waals surface area (Å²) in [4.78, 5) is 15.3. The molecule has 2 aromatic rings. The lowest BCUT2D eigenvalue weighted by Gasteiger charge is -2.21. The molecule has 3 heterocycles. The topological polar surface area (TPSA) is 80.5 Å². The molecule has 1 aliphatic heterocycles. The van der Waals surface area contributed by atoms with Gasteiger partial charge in [-0.1, -0.05) is 11.6 Å². The molecule has 1 N–H and O–H groups in total. The molecule has 4 rings (SSSR count). The number of aromatic nitrogens is 4. The van der Waals surface area contributed by atoms with Gasteiger partial charge in [-0.2, -0.15) is 4.98 Å². The normalized spacial score (nSPS) is 17.1. The maximum absolute atomic E-state index is 6.03. The van der Waals surface area contributed by atoms with Crippen molar-refractivity contribution in [2.24, 2.45) is 12.0 Å². The Balaban J connectivity index is 1.15. The number of anilines is 1. The molecule has 0 aromatic carbocycles. The summed E-state index contributed by atoms with van der Waals surface area (Å²) in [5.74, 6) is 2.25. The van der Waals surface area contributed by atoms with Gasteiger partial charge in [0.2, 0.25) is 5.95 Å². The molecular weight excluding hydrogens is 390 g/mol. The lowest BCUT2D eigenvalue weighted by Crippen LogP contribution is -2.22. The molecule has 0 saturated carbocycles. The van der Waals surface area contributed by atoms with Crippen LogP contribution in [0.2, 0.25) is 0 Å². The van der Waals surface area contributed by atoms with Crippen molar-refractivity contribution in [2.45, 2.75) is 32.1 Å². The van der Waals surface area contributed by atoms with Crippen LogP contribution in [0.25, 0.3) is 0 Å². The van der Waals surface area contributed by atoms with Crippen LogP contribution in [0.4, 0.5) is 11.9 Å². The van der Waals surface area contributed by atoms with E-state index in [0.29, 0.717) is 18.5 Å². The van der Waals surface area contributed by atoms with Gasteiger partial charge in [0.15, 0.2) is 0 Å². The highest BCUT2D eigenvalue weighted by atomic mass is 16.5. The van der Waals surface area contributed by atoms with Crippen LogP contribution >= 0.6 is 0 Å². The van der Waals surface area contributed by atoms with Crippen LogP contribution in [0.3, 0.4) is 0 Å². The number of allylic oxidation sites excluding steroid dienone is 3. The van der Waals surface area contributed by atoms with Crippen LogP contribution < -0.4 is 5.32 Å². The van der Waals surface area contributed by atoms with Crippen LogP contribution in [-0.2, 0) is 11.8 Å². The molecule has 164 valence electrons. The van der Waals surface area contributed by atoms with E-state index in [2.05, 4.69) is 42.4 Å². The zero-order valence-electron chi connectivity index (χ0n) is 18.2. The standard InChI is InChI=1S/C23H31N7O/c1-29-23(27-22(28-29)26-17-19-8-11-24-12-9-19)25-10-5-15-31-21-7-4-6-20(16-21)18-30-13-2-3-14-30/h6-9,11-12,17H,2-5,10,13-16,18H2,1H3,(H,25,27,28). The summed E-state index contributed by atoms with van der Waals surface area (Å²) in [7, 11) is 1.86. The molecule has 0 spiro atoms. The zero-order chi connectivity index (χ0) is 21.3. The van der Waals surface area contributed by atoms with Crippen molar-refractivity contribution in [3.8, 4) is 0 Å². The predicted octanol–water partition coefficient (Wildman–Crippen LogP) is 3.48. The van der Waals surface area contributed by atoms with E-state index >= 15 is 0 Å². The number of nitrogens with one attached hydrogen (secondary N) is 1. The van der Waals surface area contributed by atoms with Gasteiger partial charge in [0, 0.05) is 45.2 Å². The van der Waals surface area contributed by atoms with Crippen molar-refractivity contribution in [3.05, 3.63) is 53.6 Å². The third kappa shape index (κ3) is 6.49. The van der Waals surface area contributed by atoms with Gasteiger partial charge >= 0.3 is 0 Å². The summed E-state index contributed by atoms with van der Waals surface area (Å²) in [6, 6.07) is 3.77. The van der Waals surface area contributed by atoms with Crippen LogP contribution in [0.15, 0.2) is 53.0 Å². The van der Waals surface area contributed by atoms with Gasteiger partial charge in [-0.25, -0.2) is 9.67 Å². The molecule has 1 fully saturated rings. The smallest absolute Gasteiger partial charge is 0.270 e. The molecule has 8 heteroatoms. The minimum Gasteiger partial charge on any atom is -0.498 e. The third-order valence-electron chi connectivity index (χ3n) is 5.46. The summed E-state index contributed by atoms with van der Waals surface area (Å²) in [5, 5.41) is 7.64. The second-order valence-corrected chi connectivity index (χ2v) is 7.96. The Kier molecular flexibility index (Phi) is 7.44. The van der Waals surface area contributed by atoms with Gasteiger partial charge in [-0.05, 0) is 62.5 Å². The molecule has 1 aliphatic carbocycles. The lowest BCUT2D eigenvalue weighted by atomic mass is 10.0. The molecule has 0 atom stereocenters. The molecule has 0 unspecified atom stereocenters. The largest absolute Gasteiger partial charge is 0.498 e. The van der Waals surface area contributed by atoms with Crippen molar-refractivity contribution in [1.82, 2.24) is 24.6 Å². The number of likely N-dealkylation sites (tertiary alicyclic amines) is 1. The van der Waals surface area contributed by atoms with Crippen molar-refractivity contribution < 1.29 is 4.74 Å². The molecule has 1 saturated heterocycles. The third-order valence-corrected chi connectivity index (χ3v) is 5.46. The SMILES string of the molecule is Cn1nc(N=Cc2ccncc2)nc1NCCCOC1=CCC=C(CN2CCCC2)C1. The van der Waals surface area contributed by atoms with E-state index in [1.807, 2.05) is 19.2 Å². The first-order chi connectivity index (χ1) is 15.3. The Bertz CT molecular complexity index is 927. The number of aliphatic imine (C=N–C) groups is 1. The first-order valence-electron chi connectivity index (χ1n) is 11.1. The fourth-order valence-electron chi connectivity index (χ4n) is 3.82. The second-order valence-electron chi connectivity index (χ2n) is 7.96. The molecular formula is C23H31N7O. The lowest BCUT2D eigenvalue weighted by molar-refractivity contribution is 0.201. The molecule has 0 bridgehead atoms. The van der Waals surface area contributed by atoms with E-state index < -0.39 is 0 Å². The van der Waals surface area contributed by atoms with E-state index in [4.69, 9.17) is 4.74 Å². The maximum Gasteiger partial charge on any atom is 0.270 e. The Morgan fingerprint density at radius 3 is 2.87 bits per heavy atom. The van der Waals surface area contributed by atoms with Gasteiger partial charge in [-0.3, -0.25) is 9.88 Å². The average molecular weight is 422 g/mol. The molecule has 31 heavy (non-hydrogen) atoms. The average Bonchev–Trinajstić information content (AvgIpc) is 3.42. The summed E-state index contributed by atoms with van der Waals surface area (Å²) in [6.07, 6.45) is 15.3. The number of hydrogen-bond donors (Lipinski definition) is 1. The first-order valence-corrected chi connectivity index (χ1v) is 11.1. The highest BCUT2D eigenvalue weighted by Crippen LogP contribution is 2.22. The minimum atomic E-state index is 0.433. The van der Waals surface area contributed by atoms with E-state index in [1.54, 1.807) is 23.3 Å². The van der Waals surface area contributed by atoms with E-state index in [9.17, 15) is 0 Å². The van der Waals surface area contributed by atoms with Crippen LogP contribution in [0.5, 0.6) is 0 Å². The number of aryl methyl sites for hydroxylation is 1. The fourth-order valence-corrected chi connectivity index (χ4v) is 3.82. The van der Waals surface area contributed by atoms with Crippen LogP contribution in [0.1, 0.15) is 37.7 Å². The summed E-state index contributed by atoms with van der Waals surface area (Å²) >= 11 is 0. The van der Waals surface area contributed by atoms with E-state index in [-0.39, 0.29) is 0 Å². The summed E-state index contributed by atoms with van der Waals surface area (Å²) in [6.45, 7) is 5.04. The highest BCUT2D eigenvalue weighted by molar-refractivity contribution is 5.80. The molecule has 2 aromatic heterocycles. The van der Waals surface area contributed by atoms with Gasteiger partial charge in [0.05, 0.1) is 12.4 Å².